The Kier molecular flexibility index (Phi) is 6.90. The fourth-order valence-corrected chi connectivity index (χ4v) is 6.92. The van der Waals surface area contributed by atoms with Crippen LogP contribution in [0.5, 0.6) is 5.75 Å². The number of amides is 3. The number of rotatable bonds is 8. The monoisotopic (exact) mass is 570 g/mol. The molecule has 0 spiro atoms. The van der Waals surface area contributed by atoms with Crippen molar-refractivity contribution in [1.82, 2.24) is 4.90 Å². The number of halogens is 2. The molecule has 1 aromatic carbocycles. The summed E-state index contributed by atoms with van der Waals surface area (Å²) in [5.41, 5.74) is 0.555. The molecule has 172 valence electrons. The van der Waals surface area contributed by atoms with Crippen LogP contribution in [0.4, 0.5) is 5.69 Å². The molecular weight excluding hydrogens is 548 g/mol. The van der Waals surface area contributed by atoms with Gasteiger partial charge in [-0.05, 0) is 49.4 Å². The average Bonchev–Trinajstić information content (AvgIpc) is 3.37. The van der Waals surface area contributed by atoms with Crippen LogP contribution in [-0.2, 0) is 23.9 Å². The van der Waals surface area contributed by atoms with Gasteiger partial charge in [0, 0.05) is 21.9 Å². The molecular formula is C22H24Br2N2O6. The number of alkyl halides is 2. The highest BCUT2D eigenvalue weighted by molar-refractivity contribution is 9.12. The third-order valence-electron chi connectivity index (χ3n) is 6.43. The maximum Gasteiger partial charge on any atom is 0.308 e. The van der Waals surface area contributed by atoms with Crippen molar-refractivity contribution < 1.29 is 28.7 Å². The number of nitrogens with one attached hydrogen (secondary N) is 1. The summed E-state index contributed by atoms with van der Waals surface area (Å²) in [4.78, 5) is 51.3. The fourth-order valence-electron chi connectivity index (χ4n) is 5.05. The van der Waals surface area contributed by atoms with E-state index in [-0.39, 0.29) is 58.1 Å². The lowest BCUT2D eigenvalue weighted by atomic mass is 9.81. The molecule has 1 heterocycles. The Bertz CT molecular complexity index is 892. The summed E-state index contributed by atoms with van der Waals surface area (Å²) in [7, 11) is 0. The van der Waals surface area contributed by atoms with Crippen LogP contribution < -0.4 is 10.1 Å². The Morgan fingerprint density at radius 1 is 1.06 bits per heavy atom. The lowest BCUT2D eigenvalue weighted by Gasteiger charge is -2.28. The first-order valence-electron chi connectivity index (χ1n) is 10.6. The third kappa shape index (κ3) is 4.31. The van der Waals surface area contributed by atoms with E-state index < -0.39 is 18.5 Å². The van der Waals surface area contributed by atoms with E-state index in [1.807, 2.05) is 6.92 Å². The standard InChI is InChI=1S/C22H24Br2N2O6/c1-2-31-12-5-3-11(4-6-12)25-15(27)10-32-16(28)7-8-26-21(29)17-13-9-14(18(17)22(26)30)20(24)19(13)23/h3-6,13-14,17-20H,2,7-10H2,1H3,(H,25,27)/t13-,14-,17-,18-,19+,20+/m1/s1. The molecule has 0 unspecified atom stereocenters. The van der Waals surface area contributed by atoms with Crippen molar-refractivity contribution in [2.45, 2.75) is 29.4 Å². The summed E-state index contributed by atoms with van der Waals surface area (Å²) >= 11 is 7.30. The van der Waals surface area contributed by atoms with Gasteiger partial charge in [0.2, 0.25) is 11.8 Å². The summed E-state index contributed by atoms with van der Waals surface area (Å²) in [6.45, 7) is 1.96. The molecule has 0 radical (unpaired) electrons. The van der Waals surface area contributed by atoms with E-state index in [0.717, 1.165) is 6.42 Å². The van der Waals surface area contributed by atoms with Gasteiger partial charge in [-0.15, -0.1) is 0 Å². The van der Waals surface area contributed by atoms with Gasteiger partial charge in [0.05, 0.1) is 24.9 Å². The third-order valence-corrected chi connectivity index (χ3v) is 9.64. The number of hydrogen-bond acceptors (Lipinski definition) is 6. The Balaban J connectivity index is 1.23. The van der Waals surface area contributed by atoms with E-state index in [1.54, 1.807) is 24.3 Å². The Hall–Kier alpha value is -1.94. The highest BCUT2D eigenvalue weighted by atomic mass is 79.9. The lowest BCUT2D eigenvalue weighted by molar-refractivity contribution is -0.149. The summed E-state index contributed by atoms with van der Waals surface area (Å²) in [5.74, 6) is -1.16. The second-order valence-electron chi connectivity index (χ2n) is 8.25. The zero-order valence-electron chi connectivity index (χ0n) is 17.5. The summed E-state index contributed by atoms with van der Waals surface area (Å²) in [6, 6.07) is 6.83. The van der Waals surface area contributed by atoms with Crippen LogP contribution in [0.3, 0.4) is 0 Å². The molecule has 2 bridgehead atoms. The van der Waals surface area contributed by atoms with Gasteiger partial charge >= 0.3 is 5.97 Å². The first-order valence-corrected chi connectivity index (χ1v) is 12.5. The van der Waals surface area contributed by atoms with Gasteiger partial charge in [0.15, 0.2) is 6.61 Å². The molecule has 8 nitrogen and oxygen atoms in total. The van der Waals surface area contributed by atoms with Crippen LogP contribution in [-0.4, -0.2) is 58.0 Å². The molecule has 32 heavy (non-hydrogen) atoms. The number of ether oxygens (including phenoxy) is 2. The van der Waals surface area contributed by atoms with Gasteiger partial charge in [-0.25, -0.2) is 0 Å². The van der Waals surface area contributed by atoms with E-state index in [0.29, 0.717) is 18.0 Å². The number of nitrogens with zero attached hydrogens (tertiary/aromatic N) is 1. The van der Waals surface area contributed by atoms with Gasteiger partial charge in [-0.2, -0.15) is 0 Å². The van der Waals surface area contributed by atoms with Crippen LogP contribution in [0.25, 0.3) is 0 Å². The number of imide groups is 1. The first kappa shape index (κ1) is 23.2. The number of hydrogen-bond donors (Lipinski definition) is 1. The molecule has 0 aromatic heterocycles. The minimum absolute atomic E-state index is 0.0244. The number of likely N-dealkylation sites (tertiary alicyclic amines) is 1. The maximum atomic E-state index is 12.8. The predicted octanol–water partition coefficient (Wildman–Crippen LogP) is 2.74. The highest BCUT2D eigenvalue weighted by Crippen LogP contribution is 2.60. The van der Waals surface area contributed by atoms with Crippen molar-refractivity contribution in [3.8, 4) is 5.75 Å². The molecule has 4 rings (SSSR count). The van der Waals surface area contributed by atoms with Crippen molar-refractivity contribution in [3.05, 3.63) is 24.3 Å². The molecule has 3 fully saturated rings. The summed E-state index contributed by atoms with van der Waals surface area (Å²) < 4.78 is 10.4. The second-order valence-corrected chi connectivity index (χ2v) is 10.4. The largest absolute Gasteiger partial charge is 0.494 e. The van der Waals surface area contributed by atoms with Crippen molar-refractivity contribution in [1.29, 1.82) is 0 Å². The SMILES string of the molecule is CCOc1ccc(NC(=O)COC(=O)CCN2C(=O)[C@@H]3[C@H]4C[C@@H]([C@H](Br)[C@H]4Br)[C@H]3C2=O)cc1. The molecule has 3 amide bonds. The predicted molar refractivity (Wildman–Crippen MR) is 123 cm³/mol. The average molecular weight is 572 g/mol. The number of esters is 1. The summed E-state index contributed by atoms with van der Waals surface area (Å²) in [5, 5.41) is 2.63. The van der Waals surface area contributed by atoms with Gasteiger partial charge in [0.1, 0.15) is 5.75 Å². The van der Waals surface area contributed by atoms with Gasteiger partial charge in [-0.1, -0.05) is 31.9 Å². The van der Waals surface area contributed by atoms with Crippen LogP contribution in [0.15, 0.2) is 24.3 Å². The minimum atomic E-state index is -0.635. The zero-order valence-corrected chi connectivity index (χ0v) is 20.6. The zero-order chi connectivity index (χ0) is 23.0. The van der Waals surface area contributed by atoms with Crippen LogP contribution in [0.1, 0.15) is 19.8 Å². The van der Waals surface area contributed by atoms with Crippen molar-refractivity contribution in [3.63, 3.8) is 0 Å². The Morgan fingerprint density at radius 2 is 1.66 bits per heavy atom. The van der Waals surface area contributed by atoms with Gasteiger partial charge in [0.25, 0.3) is 5.91 Å². The minimum Gasteiger partial charge on any atom is -0.494 e. The molecule has 1 aromatic rings. The van der Waals surface area contributed by atoms with E-state index in [2.05, 4.69) is 37.2 Å². The van der Waals surface area contributed by atoms with E-state index >= 15 is 0 Å². The number of benzene rings is 1. The van der Waals surface area contributed by atoms with E-state index in [4.69, 9.17) is 9.47 Å². The number of anilines is 1. The smallest absolute Gasteiger partial charge is 0.308 e. The molecule has 2 saturated carbocycles. The molecule has 1 saturated heterocycles. The number of carbonyl (C=O) groups is 4. The van der Waals surface area contributed by atoms with Crippen LogP contribution in [0.2, 0.25) is 0 Å². The van der Waals surface area contributed by atoms with Gasteiger partial charge in [-0.3, -0.25) is 24.1 Å². The molecule has 3 aliphatic rings. The van der Waals surface area contributed by atoms with Crippen molar-refractivity contribution >= 4 is 61.2 Å². The molecule has 2 aliphatic carbocycles. The Labute approximate surface area is 202 Å². The molecule has 1 aliphatic heterocycles. The fraction of sp³-hybridized carbons (Fsp3) is 0.545. The topological polar surface area (TPSA) is 102 Å². The first-order chi connectivity index (χ1) is 15.3. The molecule has 10 heteroatoms. The van der Waals surface area contributed by atoms with Crippen LogP contribution >= 0.6 is 31.9 Å². The van der Waals surface area contributed by atoms with Crippen LogP contribution in [0, 0.1) is 23.7 Å². The second kappa shape index (κ2) is 9.51. The van der Waals surface area contributed by atoms with Gasteiger partial charge < -0.3 is 14.8 Å². The molecule has 6 atom stereocenters. The number of fused-ring (bicyclic) bond motifs is 5. The quantitative estimate of drug-likeness (QED) is 0.292. The lowest BCUT2D eigenvalue weighted by Crippen LogP contribution is -2.37. The molecule has 1 N–H and O–H groups in total. The van der Waals surface area contributed by atoms with E-state index in [9.17, 15) is 19.2 Å². The normalized spacial score (nSPS) is 30.4. The highest BCUT2D eigenvalue weighted by Gasteiger charge is 2.66. The summed E-state index contributed by atoms with van der Waals surface area (Å²) in [6.07, 6.45) is 0.718. The van der Waals surface area contributed by atoms with Crippen molar-refractivity contribution in [2.75, 3.05) is 25.1 Å². The maximum absolute atomic E-state index is 12.8. The Morgan fingerprint density at radius 3 is 2.22 bits per heavy atom. The number of carbonyl (C=O) groups excluding carboxylic acids is 4. The van der Waals surface area contributed by atoms with E-state index in [1.165, 1.54) is 4.90 Å². The van der Waals surface area contributed by atoms with Crippen molar-refractivity contribution in [2.24, 2.45) is 23.7 Å².